The maximum absolute atomic E-state index is 6.52. The molecule has 2 aromatic carbocycles. The fourth-order valence-corrected chi connectivity index (χ4v) is 6.24. The first-order chi connectivity index (χ1) is 13.0. The zero-order chi connectivity index (χ0) is 19.2. The van der Waals surface area contributed by atoms with Crippen molar-refractivity contribution < 1.29 is 0 Å². The summed E-state index contributed by atoms with van der Waals surface area (Å²) in [5.74, 6) is 0. The Morgan fingerprint density at radius 2 is 1.78 bits per heavy atom. The predicted molar refractivity (Wildman–Crippen MR) is 120 cm³/mol. The van der Waals surface area contributed by atoms with Crippen molar-refractivity contribution in [3.63, 3.8) is 0 Å². The molecule has 1 aromatic heterocycles. The molecule has 27 heavy (non-hydrogen) atoms. The van der Waals surface area contributed by atoms with E-state index < -0.39 is 0 Å². The van der Waals surface area contributed by atoms with E-state index in [-0.39, 0.29) is 5.25 Å². The molecule has 142 valence electrons. The van der Waals surface area contributed by atoms with Crippen LogP contribution in [0.5, 0.6) is 0 Å². The van der Waals surface area contributed by atoms with Gasteiger partial charge in [0.25, 0.3) is 0 Å². The van der Waals surface area contributed by atoms with E-state index in [1.807, 2.05) is 66.4 Å². The first-order valence-corrected chi connectivity index (χ1v) is 11.5. The number of aromatic nitrogens is 2. The molecule has 3 aromatic rings. The lowest BCUT2D eigenvalue weighted by atomic mass is 10.1. The van der Waals surface area contributed by atoms with Gasteiger partial charge in [0.1, 0.15) is 0 Å². The molecule has 0 radical (unpaired) electrons. The molecule has 0 amide bonds. The molecular weight excluding hydrogens is 439 g/mol. The van der Waals surface area contributed by atoms with Crippen molar-refractivity contribution in [2.24, 2.45) is 0 Å². The van der Waals surface area contributed by atoms with E-state index in [2.05, 4.69) is 28.6 Å². The van der Waals surface area contributed by atoms with Crippen LogP contribution in [0.15, 0.2) is 66.1 Å². The average molecular weight is 458 g/mol. The molecule has 0 spiro atoms. The summed E-state index contributed by atoms with van der Waals surface area (Å²) in [6.45, 7) is 3.00. The molecule has 2 nitrogen and oxygen atoms in total. The Balaban J connectivity index is 1.81. The quantitative estimate of drug-likeness (QED) is 0.253. The smallest absolute Gasteiger partial charge is 0.0946 e. The van der Waals surface area contributed by atoms with Crippen molar-refractivity contribution >= 4 is 58.3 Å². The molecule has 0 aliphatic rings. The van der Waals surface area contributed by atoms with E-state index in [1.54, 1.807) is 6.20 Å². The van der Waals surface area contributed by atoms with Gasteiger partial charge in [-0.25, -0.2) is 4.98 Å². The molecule has 3 rings (SSSR count). The number of imidazole rings is 1. The summed E-state index contributed by atoms with van der Waals surface area (Å²) in [6.07, 6.45) is 6.64. The van der Waals surface area contributed by atoms with Gasteiger partial charge in [0, 0.05) is 38.9 Å². The Morgan fingerprint density at radius 1 is 1.04 bits per heavy atom. The largest absolute Gasteiger partial charge is 0.336 e. The third-order valence-corrected chi connectivity index (χ3v) is 7.92. The summed E-state index contributed by atoms with van der Waals surface area (Å²) in [5.41, 5.74) is 1.09. The van der Waals surface area contributed by atoms with E-state index in [1.165, 1.54) is 4.90 Å². The van der Waals surface area contributed by atoms with E-state index in [4.69, 9.17) is 34.8 Å². The van der Waals surface area contributed by atoms with Crippen LogP contribution >= 0.6 is 58.3 Å². The molecule has 0 saturated heterocycles. The van der Waals surface area contributed by atoms with Gasteiger partial charge in [-0.15, -0.1) is 23.5 Å². The monoisotopic (exact) mass is 456 g/mol. The fourth-order valence-electron chi connectivity index (χ4n) is 2.62. The van der Waals surface area contributed by atoms with Crippen molar-refractivity contribution in [3.05, 3.63) is 81.8 Å². The maximum atomic E-state index is 6.52. The van der Waals surface area contributed by atoms with Crippen LogP contribution in [0.3, 0.4) is 0 Å². The van der Waals surface area contributed by atoms with E-state index in [9.17, 15) is 0 Å². The van der Waals surface area contributed by atoms with Gasteiger partial charge in [-0.1, -0.05) is 47.8 Å². The molecule has 0 saturated carbocycles. The summed E-state index contributed by atoms with van der Waals surface area (Å²) in [7, 11) is 0. The average Bonchev–Trinajstić information content (AvgIpc) is 3.15. The number of halogens is 3. The molecule has 2 unspecified atom stereocenters. The van der Waals surface area contributed by atoms with Gasteiger partial charge in [-0.2, -0.15) is 0 Å². The van der Waals surface area contributed by atoms with Crippen molar-refractivity contribution in [3.8, 4) is 0 Å². The van der Waals surface area contributed by atoms with Crippen molar-refractivity contribution in [1.82, 2.24) is 9.55 Å². The summed E-state index contributed by atoms with van der Waals surface area (Å²) in [4.78, 5) is 5.37. The van der Waals surface area contributed by atoms with Crippen LogP contribution in [0.4, 0.5) is 0 Å². The van der Waals surface area contributed by atoms with Crippen LogP contribution in [-0.4, -0.2) is 14.1 Å². The van der Waals surface area contributed by atoms with Gasteiger partial charge in [-0.05, 0) is 48.4 Å². The number of thioether (sulfide) groups is 2. The first-order valence-electron chi connectivity index (χ1n) is 8.53. The van der Waals surface area contributed by atoms with Gasteiger partial charge in [0.2, 0.25) is 0 Å². The summed E-state index contributed by atoms with van der Waals surface area (Å²) >= 11 is 22.4. The topological polar surface area (TPSA) is 17.8 Å². The predicted octanol–water partition coefficient (Wildman–Crippen LogP) is 7.85. The molecule has 1 heterocycles. The number of rotatable bonds is 8. The second-order valence-electron chi connectivity index (χ2n) is 5.96. The standard InChI is InChI=1S/C20H19Cl3N2S2/c1-2-20(26-16-6-3-14(21)4-7-16)27-19(12-25-10-9-24-13-25)17-8-5-15(22)11-18(17)23/h3-11,13,19-20H,2,12H2,1H3. The Kier molecular flexibility index (Phi) is 7.86. The molecular formula is C20H19Cl3N2S2. The normalized spacial score (nSPS) is 13.5. The van der Waals surface area contributed by atoms with Crippen LogP contribution < -0.4 is 0 Å². The van der Waals surface area contributed by atoms with Crippen LogP contribution in [0.2, 0.25) is 15.1 Å². The minimum absolute atomic E-state index is 0.189. The first kappa shape index (κ1) is 20.9. The van der Waals surface area contributed by atoms with E-state index in [0.717, 1.165) is 23.6 Å². The van der Waals surface area contributed by atoms with Crippen molar-refractivity contribution in [2.45, 2.75) is 34.6 Å². The second-order valence-corrected chi connectivity index (χ2v) is 10.2. The molecule has 0 fully saturated rings. The van der Waals surface area contributed by atoms with Crippen LogP contribution in [0.1, 0.15) is 24.2 Å². The Labute approximate surface area is 183 Å². The minimum atomic E-state index is 0.189. The van der Waals surface area contributed by atoms with Gasteiger partial charge < -0.3 is 4.57 Å². The molecule has 0 aliphatic carbocycles. The Bertz CT molecular complexity index is 854. The molecule has 0 aliphatic heterocycles. The molecule has 2 atom stereocenters. The van der Waals surface area contributed by atoms with Crippen molar-refractivity contribution in [2.75, 3.05) is 0 Å². The van der Waals surface area contributed by atoms with Crippen LogP contribution in [-0.2, 0) is 6.54 Å². The SMILES string of the molecule is CCC(Sc1ccc(Cl)cc1)SC(Cn1ccnc1)c1ccc(Cl)cc1Cl. The van der Waals surface area contributed by atoms with E-state index >= 15 is 0 Å². The summed E-state index contributed by atoms with van der Waals surface area (Å²) < 4.78 is 2.47. The second kappa shape index (κ2) is 10.1. The highest BCUT2D eigenvalue weighted by Gasteiger charge is 2.21. The summed E-state index contributed by atoms with van der Waals surface area (Å²) in [5, 5.41) is 2.30. The van der Waals surface area contributed by atoms with Crippen LogP contribution in [0.25, 0.3) is 0 Å². The minimum Gasteiger partial charge on any atom is -0.336 e. The fraction of sp³-hybridized carbons (Fsp3) is 0.250. The number of hydrogen-bond donors (Lipinski definition) is 0. The van der Waals surface area contributed by atoms with Gasteiger partial charge in [-0.3, -0.25) is 0 Å². The van der Waals surface area contributed by atoms with Gasteiger partial charge in [0.05, 0.1) is 16.2 Å². The van der Waals surface area contributed by atoms with Gasteiger partial charge in [0.15, 0.2) is 0 Å². The lowest BCUT2D eigenvalue weighted by Gasteiger charge is -2.24. The highest BCUT2D eigenvalue weighted by Crippen LogP contribution is 2.44. The Hall–Kier alpha value is -0.780. The highest BCUT2D eigenvalue weighted by atomic mass is 35.5. The van der Waals surface area contributed by atoms with E-state index in [0.29, 0.717) is 14.6 Å². The highest BCUT2D eigenvalue weighted by molar-refractivity contribution is 8.17. The maximum Gasteiger partial charge on any atom is 0.0946 e. The third kappa shape index (κ3) is 6.10. The lowest BCUT2D eigenvalue weighted by molar-refractivity contribution is 0.682. The zero-order valence-corrected chi connectivity index (χ0v) is 18.6. The number of nitrogens with zero attached hydrogens (tertiary/aromatic N) is 2. The molecule has 0 N–H and O–H groups in total. The third-order valence-electron chi connectivity index (χ3n) is 3.98. The Morgan fingerprint density at radius 3 is 2.41 bits per heavy atom. The summed E-state index contributed by atoms with van der Waals surface area (Å²) in [6, 6.07) is 13.7. The van der Waals surface area contributed by atoms with Crippen LogP contribution in [0, 0.1) is 0 Å². The van der Waals surface area contributed by atoms with Crippen molar-refractivity contribution in [1.29, 1.82) is 0 Å². The van der Waals surface area contributed by atoms with Gasteiger partial charge >= 0.3 is 0 Å². The molecule has 7 heteroatoms. The zero-order valence-electron chi connectivity index (χ0n) is 14.7. The molecule has 0 bridgehead atoms. The number of benzene rings is 2. The lowest BCUT2D eigenvalue weighted by Crippen LogP contribution is -2.09. The number of hydrogen-bond acceptors (Lipinski definition) is 3.